The van der Waals surface area contributed by atoms with Gasteiger partial charge in [-0.3, -0.25) is 14.4 Å². The molecular formula is C77H122O6. The van der Waals surface area contributed by atoms with E-state index >= 15 is 0 Å². The molecular weight excluding hydrogens is 1020 g/mol. The molecule has 0 aliphatic carbocycles. The van der Waals surface area contributed by atoms with E-state index in [1.165, 1.54) is 77.0 Å². The molecule has 0 aromatic rings. The Morgan fingerprint density at radius 1 is 0.253 bits per heavy atom. The topological polar surface area (TPSA) is 78.9 Å². The van der Waals surface area contributed by atoms with E-state index in [4.69, 9.17) is 14.2 Å². The lowest BCUT2D eigenvalue weighted by molar-refractivity contribution is -0.167. The molecule has 6 nitrogen and oxygen atoms in total. The van der Waals surface area contributed by atoms with Crippen LogP contribution >= 0.6 is 0 Å². The van der Waals surface area contributed by atoms with Gasteiger partial charge in [-0.25, -0.2) is 0 Å². The first-order chi connectivity index (χ1) is 41.0. The van der Waals surface area contributed by atoms with Crippen LogP contribution in [-0.4, -0.2) is 37.2 Å². The SMILES string of the molecule is CC/C=C\C/C=C\C/C=C\C/C=C\C/C=C\C/C=C\C/C=C\CCCCCCCC(=O)OCC(COC(=O)CCCCCCCCCCCCCCCCC)OC(=O)CCC/C=C\C/C=C\C/C=C\C/C=C\C/C=C\C/C=C\C/C=C\CC. The van der Waals surface area contributed by atoms with Gasteiger partial charge in [-0.2, -0.15) is 0 Å². The van der Waals surface area contributed by atoms with Crippen molar-refractivity contribution in [3.8, 4) is 0 Å². The lowest BCUT2D eigenvalue weighted by atomic mass is 10.0. The lowest BCUT2D eigenvalue weighted by Crippen LogP contribution is -2.30. The first-order valence-electron chi connectivity index (χ1n) is 33.6. The highest BCUT2D eigenvalue weighted by molar-refractivity contribution is 5.71. The zero-order valence-corrected chi connectivity index (χ0v) is 53.4. The number of ether oxygens (including phenoxy) is 3. The zero-order valence-electron chi connectivity index (χ0n) is 53.4. The van der Waals surface area contributed by atoms with Crippen molar-refractivity contribution in [3.63, 3.8) is 0 Å². The van der Waals surface area contributed by atoms with Crippen LogP contribution in [0.2, 0.25) is 0 Å². The molecule has 1 unspecified atom stereocenters. The fourth-order valence-electron chi connectivity index (χ4n) is 8.77. The normalized spacial score (nSPS) is 13.2. The third-order valence-electron chi connectivity index (χ3n) is 13.7. The summed E-state index contributed by atoms with van der Waals surface area (Å²) >= 11 is 0. The third-order valence-corrected chi connectivity index (χ3v) is 13.7. The zero-order chi connectivity index (χ0) is 59.9. The summed E-state index contributed by atoms with van der Waals surface area (Å²) in [5.74, 6) is -0.993. The fraction of sp³-hybridized carbons (Fsp3) is 0.597. The van der Waals surface area contributed by atoms with Crippen LogP contribution in [0, 0.1) is 0 Å². The second-order valence-electron chi connectivity index (χ2n) is 21.6. The van der Waals surface area contributed by atoms with Crippen LogP contribution in [0.5, 0.6) is 0 Å². The Hall–Kier alpha value is -5.23. The molecule has 0 saturated heterocycles. The van der Waals surface area contributed by atoms with Gasteiger partial charge in [0.2, 0.25) is 0 Å². The van der Waals surface area contributed by atoms with Gasteiger partial charge in [-0.1, -0.05) is 300 Å². The molecule has 0 saturated carbocycles. The summed E-state index contributed by atoms with van der Waals surface area (Å²) in [6, 6.07) is 0. The number of hydrogen-bond donors (Lipinski definition) is 0. The van der Waals surface area contributed by atoms with Gasteiger partial charge in [0.1, 0.15) is 13.2 Å². The van der Waals surface area contributed by atoms with Crippen molar-refractivity contribution >= 4 is 17.9 Å². The minimum atomic E-state index is -0.826. The second-order valence-corrected chi connectivity index (χ2v) is 21.6. The van der Waals surface area contributed by atoms with Gasteiger partial charge in [-0.15, -0.1) is 0 Å². The maximum Gasteiger partial charge on any atom is 0.306 e. The van der Waals surface area contributed by atoms with E-state index in [1.54, 1.807) is 0 Å². The molecule has 83 heavy (non-hydrogen) atoms. The average Bonchev–Trinajstić information content (AvgIpc) is 3.49. The molecule has 0 amide bonds. The second kappa shape index (κ2) is 69.3. The summed E-state index contributed by atoms with van der Waals surface area (Å²) in [6.07, 6.45) is 102. The Bertz CT molecular complexity index is 1890. The van der Waals surface area contributed by atoms with Gasteiger partial charge < -0.3 is 14.2 Å². The summed E-state index contributed by atoms with van der Waals surface area (Å²) in [4.78, 5) is 38.4. The fourth-order valence-corrected chi connectivity index (χ4v) is 8.77. The molecule has 0 spiro atoms. The molecule has 0 aliphatic rings. The summed E-state index contributed by atoms with van der Waals surface area (Å²) in [7, 11) is 0. The standard InChI is InChI=1S/C77H122O6/c1-4-7-10-13-16-19-22-25-28-30-32-34-36-37-38-39-41-42-44-46-49-52-55-58-61-64-67-70-76(79)82-73-74(72-81-75(78)69-66-63-60-57-54-51-48-27-24-21-18-15-12-9-6-3)83-77(80)71-68-65-62-59-56-53-50-47-45-43-40-35-33-31-29-26-23-20-17-14-11-8-5-2/h7-8,10-11,16-17,19-20,25-26,28-29,32-35,37-38,41-43,45-46,49-50,53,59,62,74H,4-6,9,12-15,18,21-24,27,30-31,36,39-40,44,47-48,51-52,54-58,60-61,63-73H2,1-3H3/b10-7-,11-8-,19-16-,20-17-,28-25-,29-26-,34-32-,35-33-,38-37-,42-41-,45-43-,49-46-,53-50-,62-59-. The number of hydrogen-bond acceptors (Lipinski definition) is 6. The number of allylic oxidation sites excluding steroid dienone is 28. The van der Waals surface area contributed by atoms with Crippen LogP contribution in [0.4, 0.5) is 0 Å². The van der Waals surface area contributed by atoms with Crippen molar-refractivity contribution in [3.05, 3.63) is 170 Å². The predicted molar refractivity (Wildman–Crippen MR) is 361 cm³/mol. The van der Waals surface area contributed by atoms with E-state index < -0.39 is 6.10 Å². The number of rotatable bonds is 59. The quantitative estimate of drug-likeness (QED) is 0.0261. The van der Waals surface area contributed by atoms with Crippen molar-refractivity contribution in [2.75, 3.05) is 13.2 Å². The van der Waals surface area contributed by atoms with Crippen molar-refractivity contribution in [1.29, 1.82) is 0 Å². The molecule has 1 atom stereocenters. The van der Waals surface area contributed by atoms with Crippen LogP contribution < -0.4 is 0 Å². The monoisotopic (exact) mass is 1140 g/mol. The molecule has 0 N–H and O–H groups in total. The summed E-state index contributed by atoms with van der Waals surface area (Å²) in [6.45, 7) is 6.36. The highest BCUT2D eigenvalue weighted by atomic mass is 16.6. The molecule has 0 heterocycles. The number of carbonyl (C=O) groups is 3. The van der Waals surface area contributed by atoms with E-state index in [1.807, 2.05) is 0 Å². The molecule has 0 radical (unpaired) electrons. The van der Waals surface area contributed by atoms with Crippen LogP contribution in [0.15, 0.2) is 170 Å². The summed E-state index contributed by atoms with van der Waals surface area (Å²) in [5, 5.41) is 0. The highest BCUT2D eigenvalue weighted by Crippen LogP contribution is 2.15. The minimum Gasteiger partial charge on any atom is -0.462 e. The Balaban J connectivity index is 4.52. The Morgan fingerprint density at radius 2 is 0.482 bits per heavy atom. The Labute approximate surface area is 511 Å². The molecule has 0 bridgehead atoms. The molecule has 0 aromatic carbocycles. The van der Waals surface area contributed by atoms with Crippen LogP contribution in [0.3, 0.4) is 0 Å². The van der Waals surface area contributed by atoms with Crippen molar-refractivity contribution < 1.29 is 28.6 Å². The van der Waals surface area contributed by atoms with Gasteiger partial charge in [-0.05, 0) is 128 Å². The van der Waals surface area contributed by atoms with Crippen LogP contribution in [0.1, 0.15) is 278 Å². The first-order valence-corrected chi connectivity index (χ1v) is 33.6. The molecule has 466 valence electrons. The molecule has 0 aromatic heterocycles. The number of carbonyl (C=O) groups excluding carboxylic acids is 3. The predicted octanol–water partition coefficient (Wildman–Crippen LogP) is 23.4. The van der Waals surface area contributed by atoms with Gasteiger partial charge in [0, 0.05) is 19.3 Å². The average molecular weight is 1140 g/mol. The van der Waals surface area contributed by atoms with Crippen molar-refractivity contribution in [1.82, 2.24) is 0 Å². The number of esters is 3. The molecule has 6 heteroatoms. The maximum atomic E-state index is 12.9. The van der Waals surface area contributed by atoms with E-state index in [-0.39, 0.29) is 37.5 Å². The number of unbranched alkanes of at least 4 members (excludes halogenated alkanes) is 20. The summed E-state index contributed by atoms with van der Waals surface area (Å²) < 4.78 is 16.9. The van der Waals surface area contributed by atoms with Gasteiger partial charge in [0.15, 0.2) is 6.10 Å². The van der Waals surface area contributed by atoms with Gasteiger partial charge in [0.05, 0.1) is 0 Å². The summed E-state index contributed by atoms with van der Waals surface area (Å²) in [5.41, 5.74) is 0. The highest BCUT2D eigenvalue weighted by Gasteiger charge is 2.19. The van der Waals surface area contributed by atoms with Gasteiger partial charge in [0.25, 0.3) is 0 Å². The van der Waals surface area contributed by atoms with Crippen LogP contribution in [0.25, 0.3) is 0 Å². The van der Waals surface area contributed by atoms with E-state index in [0.29, 0.717) is 19.3 Å². The first kappa shape index (κ1) is 77.8. The molecule has 0 aliphatic heterocycles. The van der Waals surface area contributed by atoms with Crippen LogP contribution in [-0.2, 0) is 28.6 Å². The largest absolute Gasteiger partial charge is 0.462 e. The Kier molecular flexibility index (Phi) is 64.9. The van der Waals surface area contributed by atoms with Crippen molar-refractivity contribution in [2.45, 2.75) is 284 Å². The smallest absolute Gasteiger partial charge is 0.306 e. The van der Waals surface area contributed by atoms with Gasteiger partial charge >= 0.3 is 17.9 Å². The molecule has 0 fully saturated rings. The van der Waals surface area contributed by atoms with E-state index in [9.17, 15) is 14.4 Å². The van der Waals surface area contributed by atoms with E-state index in [2.05, 4.69) is 191 Å². The van der Waals surface area contributed by atoms with E-state index in [0.717, 1.165) is 154 Å². The van der Waals surface area contributed by atoms with Crippen molar-refractivity contribution in [2.24, 2.45) is 0 Å². The minimum absolute atomic E-state index is 0.113. The molecule has 0 rings (SSSR count). The third kappa shape index (κ3) is 67.4. The lowest BCUT2D eigenvalue weighted by Gasteiger charge is -2.18. The maximum absolute atomic E-state index is 12.9. The Morgan fingerprint density at radius 3 is 0.771 bits per heavy atom.